The Kier molecular flexibility index (Phi) is 3.75. The number of hydrogen-bond acceptors (Lipinski definition) is 6. The lowest BCUT2D eigenvalue weighted by atomic mass is 9.48. The fourth-order valence-electron chi connectivity index (χ4n) is 6.79. The summed E-state index contributed by atoms with van der Waals surface area (Å²) in [5.74, 6) is 0.902. The number of benzene rings is 1. The standard InChI is InChI=1S/C24H29NO5/c1-13(2)22(27)29-17-7-8-24(28)18-11-15-5-6-16(26)20-19(15)23(24,21(17)30-20)9-10-25(18)12-14-3-4-14/h5-6,14,17-18,21,26,28H,1,3-4,7-12H2,2H3/t17?,18?,21?,23-,24?/m0/s1. The van der Waals surface area contributed by atoms with Gasteiger partial charge in [0.25, 0.3) is 0 Å². The Hall–Kier alpha value is -2.05. The van der Waals surface area contributed by atoms with Gasteiger partial charge in [0.15, 0.2) is 11.5 Å². The number of carbonyl (C=O) groups is 1. The van der Waals surface area contributed by atoms with Gasteiger partial charge in [-0.25, -0.2) is 4.79 Å². The van der Waals surface area contributed by atoms with Gasteiger partial charge in [0, 0.05) is 23.7 Å². The number of rotatable bonds is 4. The number of phenols is 1. The number of carbonyl (C=O) groups excluding carboxylic acids is 1. The topological polar surface area (TPSA) is 79.2 Å². The van der Waals surface area contributed by atoms with Gasteiger partial charge < -0.3 is 19.7 Å². The van der Waals surface area contributed by atoms with Gasteiger partial charge in [-0.05, 0) is 69.5 Å². The maximum atomic E-state index is 12.3. The summed E-state index contributed by atoms with van der Waals surface area (Å²) in [6.07, 6.45) is 4.21. The van der Waals surface area contributed by atoms with Crippen molar-refractivity contribution in [1.29, 1.82) is 0 Å². The van der Waals surface area contributed by atoms with Gasteiger partial charge in [0.2, 0.25) is 0 Å². The summed E-state index contributed by atoms with van der Waals surface area (Å²) in [6.45, 7) is 7.28. The van der Waals surface area contributed by atoms with Gasteiger partial charge in [-0.3, -0.25) is 4.90 Å². The van der Waals surface area contributed by atoms with Crippen LogP contribution < -0.4 is 4.74 Å². The van der Waals surface area contributed by atoms with E-state index >= 15 is 0 Å². The Balaban J connectivity index is 1.48. The molecule has 2 heterocycles. The Bertz CT molecular complexity index is 955. The largest absolute Gasteiger partial charge is 0.504 e. The predicted octanol–water partition coefficient (Wildman–Crippen LogP) is 2.44. The highest BCUT2D eigenvalue weighted by atomic mass is 16.6. The molecule has 1 aromatic rings. The number of aromatic hydroxyl groups is 1. The number of esters is 1. The molecule has 30 heavy (non-hydrogen) atoms. The van der Waals surface area contributed by atoms with E-state index in [0.29, 0.717) is 24.2 Å². The minimum absolute atomic E-state index is 0.0266. The highest BCUT2D eigenvalue weighted by molar-refractivity contribution is 5.87. The molecular formula is C24H29NO5. The van der Waals surface area contributed by atoms with Crippen LogP contribution in [0.15, 0.2) is 24.3 Å². The van der Waals surface area contributed by atoms with Gasteiger partial charge in [-0.15, -0.1) is 0 Å². The molecule has 3 aliphatic carbocycles. The third-order valence-electron chi connectivity index (χ3n) is 8.32. The molecule has 6 rings (SSSR count). The van der Waals surface area contributed by atoms with E-state index < -0.39 is 29.2 Å². The molecule has 1 spiro atoms. The average Bonchev–Trinajstić information content (AvgIpc) is 3.44. The number of likely N-dealkylation sites (tertiary alicyclic amines) is 1. The first-order chi connectivity index (χ1) is 14.3. The fourth-order valence-corrected chi connectivity index (χ4v) is 6.79. The van der Waals surface area contributed by atoms with Crippen LogP contribution >= 0.6 is 0 Å². The van der Waals surface area contributed by atoms with Crippen molar-refractivity contribution >= 4 is 5.97 Å². The van der Waals surface area contributed by atoms with Crippen LogP contribution in [-0.4, -0.2) is 58.0 Å². The molecule has 2 N–H and O–H groups in total. The maximum Gasteiger partial charge on any atom is 0.333 e. The van der Waals surface area contributed by atoms with Gasteiger partial charge in [-0.2, -0.15) is 0 Å². The SMILES string of the molecule is C=C(C)C(=O)OC1CCC2(O)C3Cc4ccc(O)c5c4[C@@]2(CCN3CC2CC2)C1O5. The molecule has 160 valence electrons. The summed E-state index contributed by atoms with van der Waals surface area (Å²) >= 11 is 0. The van der Waals surface area contributed by atoms with Crippen LogP contribution in [0.4, 0.5) is 0 Å². The van der Waals surface area contributed by atoms with Crippen molar-refractivity contribution in [1.82, 2.24) is 4.90 Å². The zero-order valence-electron chi connectivity index (χ0n) is 17.4. The van der Waals surface area contributed by atoms with Gasteiger partial charge in [-0.1, -0.05) is 12.6 Å². The summed E-state index contributed by atoms with van der Waals surface area (Å²) in [5, 5.41) is 22.9. The van der Waals surface area contributed by atoms with Crippen LogP contribution in [0.25, 0.3) is 0 Å². The molecule has 0 aromatic heterocycles. The van der Waals surface area contributed by atoms with Gasteiger partial charge in [0.05, 0.1) is 11.0 Å². The lowest BCUT2D eigenvalue weighted by molar-refractivity contribution is -0.215. The minimum atomic E-state index is -0.955. The molecule has 2 aliphatic heterocycles. The van der Waals surface area contributed by atoms with E-state index in [4.69, 9.17) is 9.47 Å². The number of phenolic OH excluding ortho intramolecular Hbond substituents is 1. The third-order valence-corrected chi connectivity index (χ3v) is 8.32. The highest BCUT2D eigenvalue weighted by Gasteiger charge is 2.73. The van der Waals surface area contributed by atoms with Crippen molar-refractivity contribution in [2.45, 2.75) is 74.7 Å². The highest BCUT2D eigenvalue weighted by Crippen LogP contribution is 2.65. The first kappa shape index (κ1) is 18.7. The second-order valence-corrected chi connectivity index (χ2v) is 10.1. The zero-order valence-corrected chi connectivity index (χ0v) is 17.4. The van der Waals surface area contributed by atoms with Crippen LogP contribution in [0.1, 0.15) is 50.2 Å². The van der Waals surface area contributed by atoms with E-state index in [1.165, 1.54) is 12.8 Å². The summed E-state index contributed by atoms with van der Waals surface area (Å²) < 4.78 is 12.2. The van der Waals surface area contributed by atoms with Crippen molar-refractivity contribution in [2.75, 3.05) is 13.1 Å². The number of nitrogens with zero attached hydrogens (tertiary/aromatic N) is 1. The summed E-state index contributed by atoms with van der Waals surface area (Å²) in [5.41, 5.74) is 0.842. The average molecular weight is 411 g/mol. The Labute approximate surface area is 176 Å². The van der Waals surface area contributed by atoms with Crippen LogP contribution in [0, 0.1) is 5.92 Å². The molecule has 0 radical (unpaired) electrons. The molecule has 5 atom stereocenters. The lowest BCUT2D eigenvalue weighted by Gasteiger charge is -2.63. The first-order valence-electron chi connectivity index (χ1n) is 11.2. The monoisotopic (exact) mass is 411 g/mol. The Morgan fingerprint density at radius 2 is 2.13 bits per heavy atom. The summed E-state index contributed by atoms with van der Waals surface area (Å²) in [4.78, 5) is 14.8. The van der Waals surface area contributed by atoms with Crippen LogP contribution in [0.3, 0.4) is 0 Å². The molecule has 0 amide bonds. The van der Waals surface area contributed by atoms with Crippen molar-refractivity contribution in [3.63, 3.8) is 0 Å². The normalized spacial score (nSPS) is 38.5. The first-order valence-corrected chi connectivity index (χ1v) is 11.2. The van der Waals surface area contributed by atoms with Gasteiger partial charge in [0.1, 0.15) is 12.2 Å². The molecule has 6 nitrogen and oxygen atoms in total. The van der Waals surface area contributed by atoms with E-state index in [9.17, 15) is 15.0 Å². The molecule has 2 saturated carbocycles. The number of aliphatic hydroxyl groups is 1. The molecule has 1 saturated heterocycles. The summed E-state index contributed by atoms with van der Waals surface area (Å²) in [6, 6.07) is 3.71. The maximum absolute atomic E-state index is 12.3. The smallest absolute Gasteiger partial charge is 0.333 e. The molecular weight excluding hydrogens is 382 g/mol. The number of hydrogen-bond donors (Lipinski definition) is 2. The van der Waals surface area contributed by atoms with Crippen LogP contribution in [0.5, 0.6) is 11.5 Å². The van der Waals surface area contributed by atoms with E-state index in [2.05, 4.69) is 11.5 Å². The van der Waals surface area contributed by atoms with Crippen molar-refractivity contribution in [3.8, 4) is 11.5 Å². The molecule has 3 fully saturated rings. The van der Waals surface area contributed by atoms with Crippen LogP contribution in [0.2, 0.25) is 0 Å². The second kappa shape index (κ2) is 6.01. The minimum Gasteiger partial charge on any atom is -0.504 e. The lowest BCUT2D eigenvalue weighted by Crippen LogP contribution is -2.77. The van der Waals surface area contributed by atoms with E-state index in [1.54, 1.807) is 13.0 Å². The van der Waals surface area contributed by atoms with Gasteiger partial charge >= 0.3 is 5.97 Å². The van der Waals surface area contributed by atoms with Crippen molar-refractivity contribution in [2.24, 2.45) is 5.92 Å². The predicted molar refractivity (Wildman–Crippen MR) is 109 cm³/mol. The van der Waals surface area contributed by atoms with Crippen molar-refractivity contribution in [3.05, 3.63) is 35.4 Å². The Morgan fingerprint density at radius 1 is 1.33 bits per heavy atom. The molecule has 1 aromatic carbocycles. The molecule has 5 aliphatic rings. The zero-order chi connectivity index (χ0) is 20.8. The van der Waals surface area contributed by atoms with E-state index in [0.717, 1.165) is 43.0 Å². The molecule has 4 unspecified atom stereocenters. The number of piperidine rings is 1. The van der Waals surface area contributed by atoms with Crippen LogP contribution in [-0.2, 0) is 21.4 Å². The van der Waals surface area contributed by atoms with Crippen molar-refractivity contribution < 1.29 is 24.5 Å². The number of ether oxygens (including phenoxy) is 2. The van der Waals surface area contributed by atoms with E-state index in [-0.39, 0.29) is 11.8 Å². The third kappa shape index (κ3) is 2.24. The fraction of sp³-hybridized carbons (Fsp3) is 0.625. The summed E-state index contributed by atoms with van der Waals surface area (Å²) in [7, 11) is 0. The Morgan fingerprint density at radius 3 is 2.87 bits per heavy atom. The molecule has 2 bridgehead atoms. The second-order valence-electron chi connectivity index (χ2n) is 10.1. The molecule has 6 heteroatoms. The van der Waals surface area contributed by atoms with E-state index in [1.807, 2.05) is 6.07 Å². The quantitative estimate of drug-likeness (QED) is 0.585.